The van der Waals surface area contributed by atoms with Gasteiger partial charge in [0, 0.05) is 67.5 Å². The third-order valence-corrected chi connectivity index (χ3v) is 12.8. The molecular weight excluding hydrogens is 1030 g/mol. The molecule has 8 aromatic rings. The SMILES string of the molecule is Cc1ncc(N2[CH-]N(c3c(B4OB(C(C)(C)C)OB(C(C)(C)C)O4)cccc3-c3ccccc3)c3ccccc32)[c-]c1COCc1[c-]c2c(cc1)c1ccccc1n2-c1cc(C(C)(C)C)ccn1.[Pt]. The molecule has 9 nitrogen and oxygen atoms in total. The fourth-order valence-corrected chi connectivity index (χ4v) is 9.05. The average molecular weight is 1090 g/mol. The molecule has 0 radical (unpaired) electrons. The third-order valence-electron chi connectivity index (χ3n) is 12.8. The predicted molar refractivity (Wildman–Crippen MR) is 279 cm³/mol. The molecule has 0 N–H and O–H groups in total. The maximum atomic E-state index is 6.79. The van der Waals surface area contributed by atoms with Gasteiger partial charge in [0.2, 0.25) is 0 Å². The second-order valence-electron chi connectivity index (χ2n) is 21.2. The van der Waals surface area contributed by atoms with Crippen LogP contribution in [0.3, 0.4) is 0 Å². The summed E-state index contributed by atoms with van der Waals surface area (Å²) in [5.74, 6) is 0.873. The van der Waals surface area contributed by atoms with Crippen molar-refractivity contribution in [2.75, 3.05) is 9.80 Å². The molecule has 69 heavy (non-hydrogen) atoms. The van der Waals surface area contributed by atoms with Crippen LogP contribution in [0.25, 0.3) is 38.8 Å². The Morgan fingerprint density at radius 1 is 0.667 bits per heavy atom. The number of aromatic nitrogens is 3. The molecule has 0 spiro atoms. The smallest absolute Gasteiger partial charge is 0.468 e. The molecule has 0 atom stereocenters. The maximum Gasteiger partial charge on any atom is 0.468 e. The molecular formula is C56H57B3N5O4Pt-3. The van der Waals surface area contributed by atoms with Crippen molar-refractivity contribution >= 4 is 71.4 Å². The summed E-state index contributed by atoms with van der Waals surface area (Å²) in [6, 6.07) is 49.8. The van der Waals surface area contributed by atoms with Gasteiger partial charge in [-0.2, -0.15) is 24.3 Å². The summed E-state index contributed by atoms with van der Waals surface area (Å²) >= 11 is 0. The van der Waals surface area contributed by atoms with Crippen LogP contribution in [-0.4, -0.2) is 35.9 Å². The van der Waals surface area contributed by atoms with Crippen LogP contribution in [0.1, 0.15) is 84.7 Å². The molecule has 1 saturated heterocycles. The van der Waals surface area contributed by atoms with Gasteiger partial charge in [-0.3, -0.25) is 0 Å². The molecule has 0 unspecified atom stereocenters. The Balaban J connectivity index is 0.00000593. The number of ether oxygens (including phenoxy) is 1. The van der Waals surface area contributed by atoms with Crippen molar-refractivity contribution in [1.82, 2.24) is 14.5 Å². The maximum absolute atomic E-state index is 6.79. The first-order valence-electron chi connectivity index (χ1n) is 23.6. The minimum atomic E-state index is -0.709. The van der Waals surface area contributed by atoms with Crippen LogP contribution in [-0.2, 0) is 58.1 Å². The van der Waals surface area contributed by atoms with Gasteiger partial charge < -0.3 is 37.8 Å². The van der Waals surface area contributed by atoms with Crippen LogP contribution in [0.4, 0.5) is 22.7 Å². The second-order valence-corrected chi connectivity index (χ2v) is 21.2. The van der Waals surface area contributed by atoms with E-state index >= 15 is 0 Å². The Kier molecular flexibility index (Phi) is 13.4. The van der Waals surface area contributed by atoms with Crippen LogP contribution in [0.2, 0.25) is 10.6 Å². The fraction of sp³-hybridized carbons (Fsp3) is 0.268. The number of nitrogens with zero attached hydrogens (tertiary/aromatic N) is 5. The van der Waals surface area contributed by atoms with Gasteiger partial charge in [-0.1, -0.05) is 171 Å². The zero-order chi connectivity index (χ0) is 47.5. The summed E-state index contributed by atoms with van der Waals surface area (Å²) in [6.45, 7) is 24.3. The fourth-order valence-electron chi connectivity index (χ4n) is 9.05. The first-order valence-corrected chi connectivity index (χ1v) is 23.6. The molecule has 3 aromatic heterocycles. The first kappa shape index (κ1) is 48.5. The van der Waals surface area contributed by atoms with Crippen LogP contribution in [0.15, 0.2) is 134 Å². The molecule has 2 aliphatic rings. The molecule has 1 fully saturated rings. The van der Waals surface area contributed by atoms with Crippen molar-refractivity contribution in [1.29, 1.82) is 0 Å². The van der Waals surface area contributed by atoms with E-state index in [1.165, 1.54) is 5.56 Å². The monoisotopic (exact) mass is 1090 g/mol. The molecule has 0 amide bonds. The molecule has 10 rings (SSSR count). The molecule has 2 aliphatic heterocycles. The summed E-state index contributed by atoms with van der Waals surface area (Å²) in [5, 5.41) is 1.69. The average Bonchev–Trinajstić information content (AvgIpc) is 3.87. The van der Waals surface area contributed by atoms with Crippen molar-refractivity contribution in [2.24, 2.45) is 0 Å². The number of hydrogen-bond donors (Lipinski definition) is 0. The van der Waals surface area contributed by atoms with E-state index in [0.29, 0.717) is 13.2 Å². The van der Waals surface area contributed by atoms with Crippen LogP contribution < -0.4 is 15.3 Å². The molecule has 5 heterocycles. The molecule has 0 saturated carbocycles. The summed E-state index contributed by atoms with van der Waals surface area (Å²) in [4.78, 5) is 14.2. The second kappa shape index (κ2) is 19.0. The summed E-state index contributed by atoms with van der Waals surface area (Å²) in [6.07, 6.45) is 3.79. The Bertz CT molecular complexity index is 3130. The van der Waals surface area contributed by atoms with Gasteiger partial charge in [0.05, 0.1) is 6.61 Å². The van der Waals surface area contributed by atoms with E-state index in [2.05, 4.69) is 211 Å². The van der Waals surface area contributed by atoms with Crippen molar-refractivity contribution in [3.05, 3.63) is 175 Å². The van der Waals surface area contributed by atoms with Gasteiger partial charge in [0.25, 0.3) is 0 Å². The van der Waals surface area contributed by atoms with Crippen molar-refractivity contribution in [2.45, 2.75) is 98.5 Å². The van der Waals surface area contributed by atoms with Crippen LogP contribution >= 0.6 is 0 Å². The van der Waals surface area contributed by atoms with Gasteiger partial charge >= 0.3 is 21.4 Å². The number of rotatable bonds is 9. The topological polar surface area (TPSA) is 74.1 Å². The number of para-hydroxylation sites is 4. The van der Waals surface area contributed by atoms with Gasteiger partial charge in [-0.15, -0.1) is 23.2 Å². The van der Waals surface area contributed by atoms with Crippen molar-refractivity contribution in [3.63, 3.8) is 0 Å². The summed E-state index contributed by atoms with van der Waals surface area (Å²) in [7, 11) is -1.71. The number of anilines is 4. The van der Waals surface area contributed by atoms with E-state index in [0.717, 1.165) is 83.8 Å². The first-order chi connectivity index (χ1) is 32.5. The Morgan fingerprint density at radius 2 is 1.35 bits per heavy atom. The van der Waals surface area contributed by atoms with Gasteiger partial charge in [-0.25, -0.2) is 4.98 Å². The number of fused-ring (bicyclic) bond motifs is 4. The normalized spacial score (nSPS) is 14.5. The van der Waals surface area contributed by atoms with E-state index in [1.54, 1.807) is 0 Å². The van der Waals surface area contributed by atoms with E-state index < -0.39 is 21.4 Å². The molecule has 13 heteroatoms. The van der Waals surface area contributed by atoms with Crippen LogP contribution in [0.5, 0.6) is 0 Å². The number of hydrogen-bond acceptors (Lipinski definition) is 8. The number of pyridine rings is 2. The van der Waals surface area contributed by atoms with E-state index in [1.807, 2.05) is 25.4 Å². The summed E-state index contributed by atoms with van der Waals surface area (Å²) in [5.41, 5.74) is 12.7. The van der Waals surface area contributed by atoms with Gasteiger partial charge in [0.1, 0.15) is 5.82 Å². The molecule has 0 aliphatic carbocycles. The summed E-state index contributed by atoms with van der Waals surface area (Å²) < 4.78 is 28.8. The van der Waals surface area contributed by atoms with E-state index in [-0.39, 0.29) is 37.1 Å². The quantitative estimate of drug-likeness (QED) is 0.105. The largest absolute Gasteiger partial charge is 0.492 e. The van der Waals surface area contributed by atoms with Crippen molar-refractivity contribution in [3.8, 4) is 16.9 Å². The third kappa shape index (κ3) is 9.59. The van der Waals surface area contributed by atoms with Gasteiger partial charge in [0.15, 0.2) is 0 Å². The molecule has 0 bridgehead atoms. The van der Waals surface area contributed by atoms with Crippen LogP contribution in [0, 0.1) is 25.7 Å². The minimum absolute atomic E-state index is 0. The predicted octanol–water partition coefficient (Wildman–Crippen LogP) is 12.9. The number of benzene rings is 5. The Labute approximate surface area is 423 Å². The zero-order valence-electron chi connectivity index (χ0n) is 41.1. The van der Waals surface area contributed by atoms with Crippen molar-refractivity contribution < 1.29 is 39.5 Å². The molecule has 352 valence electrons. The van der Waals surface area contributed by atoms with Gasteiger partial charge in [-0.05, 0) is 62.9 Å². The van der Waals surface area contributed by atoms with E-state index in [9.17, 15) is 0 Å². The number of aryl methyl sites for hydroxylation is 1. The zero-order valence-corrected chi connectivity index (χ0v) is 43.4. The minimum Gasteiger partial charge on any atom is -0.492 e. The van der Waals surface area contributed by atoms with E-state index in [4.69, 9.17) is 28.4 Å². The molecule has 5 aromatic carbocycles. The Morgan fingerprint density at radius 3 is 2.06 bits per heavy atom. The standard InChI is InChI=1S/C56H57B3N5O4.Pt/c1-38-41(36-65-35-39-27-28-46-45-21-14-15-24-48(45)64(51(46)31-39)52-33-42(29-30-60-52)54(2,3)4)32-43(34-61-38)62-37-63(50-26-17-16-25-49(50)62)53-44(40-19-12-11-13-20-40)22-18-23-47(53)57-66-58(55(5,6)7)68-59(67-57)56(8,9)10;/h11-30,33-34,37H,35-36H2,1-10H3;/q-3;. The Hall–Kier alpha value is -5.48.